The fraction of sp³-hybridized carbons (Fsp3) is 0.227. The number of thiophene rings is 1. The average molecular weight is 457 g/mol. The zero-order valence-electron chi connectivity index (χ0n) is 17.1. The Hall–Kier alpha value is -3.17. The Morgan fingerprint density at radius 2 is 2.16 bits per heavy atom. The Labute approximate surface area is 185 Å². The number of ether oxygens (including phenoxy) is 2. The molecule has 3 aromatic rings. The number of aromatic hydroxyl groups is 1. The predicted octanol–water partition coefficient (Wildman–Crippen LogP) is 2.57. The number of allylic oxidation sites excluding steroid dienone is 1. The Morgan fingerprint density at radius 3 is 2.84 bits per heavy atom. The van der Waals surface area contributed by atoms with Crippen molar-refractivity contribution in [1.82, 2.24) is 4.57 Å². The smallest absolute Gasteiger partial charge is 0.338 e. The molecular weight excluding hydrogens is 436 g/mol. The summed E-state index contributed by atoms with van der Waals surface area (Å²) in [6.45, 7) is 3.74. The quantitative estimate of drug-likeness (QED) is 0.596. The van der Waals surface area contributed by atoms with E-state index in [1.807, 2.05) is 17.5 Å². The number of carbonyl (C=O) groups is 1. The Morgan fingerprint density at radius 1 is 1.35 bits per heavy atom. The van der Waals surface area contributed by atoms with Gasteiger partial charge in [-0.15, -0.1) is 11.3 Å². The SMILES string of the molecule is CCOC(=O)C1=C(C)N=c2sc(=Cc3ccc(O)c(OC)c3)c(=O)n2[C@@H]1c1cccs1. The number of thiazole rings is 1. The molecule has 3 heterocycles. The van der Waals surface area contributed by atoms with Crippen molar-refractivity contribution in [3.63, 3.8) is 0 Å². The first-order valence-corrected chi connectivity index (χ1v) is 11.2. The minimum absolute atomic E-state index is 0.0218. The van der Waals surface area contributed by atoms with E-state index in [4.69, 9.17) is 9.47 Å². The van der Waals surface area contributed by atoms with Crippen LogP contribution in [0.2, 0.25) is 0 Å². The molecule has 0 aliphatic carbocycles. The summed E-state index contributed by atoms with van der Waals surface area (Å²) >= 11 is 2.72. The largest absolute Gasteiger partial charge is 0.504 e. The molecule has 1 N–H and O–H groups in total. The Kier molecular flexibility index (Phi) is 5.79. The number of rotatable bonds is 5. The lowest BCUT2D eigenvalue weighted by molar-refractivity contribution is -0.139. The first kappa shape index (κ1) is 21.1. The highest BCUT2D eigenvalue weighted by atomic mass is 32.1. The number of hydrogen-bond acceptors (Lipinski definition) is 8. The lowest BCUT2D eigenvalue weighted by atomic mass is 10.0. The molecule has 0 saturated carbocycles. The molecule has 1 aliphatic heterocycles. The van der Waals surface area contributed by atoms with Gasteiger partial charge in [0.05, 0.1) is 29.5 Å². The van der Waals surface area contributed by atoms with Gasteiger partial charge in [-0.3, -0.25) is 9.36 Å². The van der Waals surface area contributed by atoms with Crippen molar-refractivity contribution in [2.24, 2.45) is 4.99 Å². The first-order valence-electron chi connectivity index (χ1n) is 9.54. The molecule has 160 valence electrons. The lowest BCUT2D eigenvalue weighted by Crippen LogP contribution is -2.39. The zero-order chi connectivity index (χ0) is 22.1. The zero-order valence-corrected chi connectivity index (χ0v) is 18.8. The van der Waals surface area contributed by atoms with Crippen LogP contribution in [0.1, 0.15) is 30.3 Å². The number of aromatic nitrogens is 1. The highest BCUT2D eigenvalue weighted by Gasteiger charge is 2.33. The third-order valence-electron chi connectivity index (χ3n) is 4.83. The molecule has 0 saturated heterocycles. The summed E-state index contributed by atoms with van der Waals surface area (Å²) in [7, 11) is 1.47. The van der Waals surface area contributed by atoms with E-state index in [0.29, 0.717) is 31.9 Å². The van der Waals surface area contributed by atoms with Crippen molar-refractivity contribution in [2.75, 3.05) is 13.7 Å². The van der Waals surface area contributed by atoms with E-state index < -0.39 is 12.0 Å². The summed E-state index contributed by atoms with van der Waals surface area (Å²) in [6, 6.07) is 8.05. The second kappa shape index (κ2) is 8.52. The molecule has 1 aliphatic rings. The fourth-order valence-corrected chi connectivity index (χ4v) is 5.31. The third kappa shape index (κ3) is 3.82. The minimum atomic E-state index is -0.591. The van der Waals surface area contributed by atoms with E-state index in [1.54, 1.807) is 36.6 Å². The summed E-state index contributed by atoms with van der Waals surface area (Å²) in [4.78, 5) is 32.1. The van der Waals surface area contributed by atoms with Gasteiger partial charge in [0.15, 0.2) is 16.3 Å². The minimum Gasteiger partial charge on any atom is -0.504 e. The van der Waals surface area contributed by atoms with Gasteiger partial charge in [0.2, 0.25) is 0 Å². The number of methoxy groups -OCH3 is 1. The maximum Gasteiger partial charge on any atom is 0.338 e. The monoisotopic (exact) mass is 456 g/mol. The molecular formula is C22H20N2O5S2. The van der Waals surface area contributed by atoms with Crippen LogP contribution in [-0.4, -0.2) is 29.4 Å². The molecule has 0 amide bonds. The van der Waals surface area contributed by atoms with E-state index in [9.17, 15) is 14.7 Å². The van der Waals surface area contributed by atoms with Crippen LogP contribution in [0.5, 0.6) is 11.5 Å². The van der Waals surface area contributed by atoms with E-state index in [0.717, 1.165) is 4.88 Å². The van der Waals surface area contributed by atoms with Gasteiger partial charge in [-0.2, -0.15) is 0 Å². The van der Waals surface area contributed by atoms with Gasteiger partial charge in [-0.25, -0.2) is 9.79 Å². The Balaban J connectivity index is 1.92. The highest BCUT2D eigenvalue weighted by Crippen LogP contribution is 2.33. The summed E-state index contributed by atoms with van der Waals surface area (Å²) in [5.74, 6) is -0.133. The van der Waals surface area contributed by atoms with Gasteiger partial charge < -0.3 is 14.6 Å². The van der Waals surface area contributed by atoms with E-state index in [-0.39, 0.29) is 17.9 Å². The molecule has 2 aromatic heterocycles. The topological polar surface area (TPSA) is 90.1 Å². The number of phenols is 1. The molecule has 0 fully saturated rings. The standard InChI is InChI=1S/C22H20N2O5S2/c1-4-29-21(27)18-12(2)23-22-24(19(18)16-6-5-9-30-16)20(26)17(31-22)11-13-7-8-14(25)15(10-13)28-3/h5-11,19,25H,4H2,1-3H3/t19-/m1/s1. The number of carbonyl (C=O) groups excluding carboxylic acids is 1. The van der Waals surface area contributed by atoms with Crippen LogP contribution in [0.15, 0.2) is 56.8 Å². The van der Waals surface area contributed by atoms with Gasteiger partial charge in [-0.1, -0.05) is 23.5 Å². The second-order valence-corrected chi connectivity index (χ2v) is 8.74. The molecule has 1 aromatic carbocycles. The molecule has 0 unspecified atom stereocenters. The fourth-order valence-electron chi connectivity index (χ4n) is 3.44. The van der Waals surface area contributed by atoms with Crippen molar-refractivity contribution in [2.45, 2.75) is 19.9 Å². The predicted molar refractivity (Wildman–Crippen MR) is 119 cm³/mol. The second-order valence-electron chi connectivity index (χ2n) is 6.75. The average Bonchev–Trinajstić information content (AvgIpc) is 3.37. The van der Waals surface area contributed by atoms with Crippen LogP contribution in [0.3, 0.4) is 0 Å². The summed E-state index contributed by atoms with van der Waals surface area (Å²) in [5, 5.41) is 11.7. The van der Waals surface area contributed by atoms with Crippen molar-refractivity contribution in [1.29, 1.82) is 0 Å². The van der Waals surface area contributed by atoms with Crippen LogP contribution < -0.4 is 19.6 Å². The lowest BCUT2D eigenvalue weighted by Gasteiger charge is -2.23. The van der Waals surface area contributed by atoms with Crippen LogP contribution in [0, 0.1) is 0 Å². The number of fused-ring (bicyclic) bond motifs is 1. The molecule has 0 bridgehead atoms. The molecule has 0 radical (unpaired) electrons. The van der Waals surface area contributed by atoms with Crippen molar-refractivity contribution < 1.29 is 19.4 Å². The van der Waals surface area contributed by atoms with Gasteiger partial charge >= 0.3 is 5.97 Å². The van der Waals surface area contributed by atoms with Crippen molar-refractivity contribution in [3.05, 3.63) is 77.1 Å². The van der Waals surface area contributed by atoms with Crippen molar-refractivity contribution in [3.8, 4) is 11.5 Å². The normalized spacial score (nSPS) is 16.1. The van der Waals surface area contributed by atoms with E-state index >= 15 is 0 Å². The number of benzene rings is 1. The summed E-state index contributed by atoms with van der Waals surface area (Å²) in [6.07, 6.45) is 1.72. The number of hydrogen-bond donors (Lipinski definition) is 1. The molecule has 1 atom stereocenters. The Bertz CT molecular complexity index is 1350. The van der Waals surface area contributed by atoms with Gasteiger partial charge in [0.25, 0.3) is 5.56 Å². The maximum atomic E-state index is 13.4. The summed E-state index contributed by atoms with van der Waals surface area (Å²) < 4.78 is 12.4. The van der Waals surface area contributed by atoms with Crippen LogP contribution in [-0.2, 0) is 9.53 Å². The first-order chi connectivity index (χ1) is 14.9. The van der Waals surface area contributed by atoms with Crippen LogP contribution in [0.25, 0.3) is 6.08 Å². The molecule has 7 nitrogen and oxygen atoms in total. The number of phenolic OH excluding ortho intramolecular Hbond substituents is 1. The maximum absolute atomic E-state index is 13.4. The van der Waals surface area contributed by atoms with E-state index in [1.165, 1.54) is 35.8 Å². The number of nitrogens with zero attached hydrogens (tertiary/aromatic N) is 2. The van der Waals surface area contributed by atoms with Crippen molar-refractivity contribution >= 4 is 34.7 Å². The molecule has 31 heavy (non-hydrogen) atoms. The van der Waals surface area contributed by atoms with Crippen LogP contribution in [0.4, 0.5) is 0 Å². The van der Waals surface area contributed by atoms with Gasteiger partial charge in [0, 0.05) is 4.88 Å². The van der Waals surface area contributed by atoms with Gasteiger partial charge in [-0.05, 0) is 49.1 Å². The highest BCUT2D eigenvalue weighted by molar-refractivity contribution is 7.10. The summed E-state index contributed by atoms with van der Waals surface area (Å²) in [5.41, 5.74) is 1.36. The van der Waals surface area contributed by atoms with E-state index in [2.05, 4.69) is 4.99 Å². The van der Waals surface area contributed by atoms with Gasteiger partial charge in [0.1, 0.15) is 6.04 Å². The van der Waals surface area contributed by atoms with Crippen LogP contribution >= 0.6 is 22.7 Å². The molecule has 4 rings (SSSR count). The molecule has 0 spiro atoms. The number of esters is 1. The third-order valence-corrected chi connectivity index (χ3v) is 6.74. The molecule has 9 heteroatoms.